The Kier molecular flexibility index (Phi) is 6.90. The van der Waals surface area contributed by atoms with Crippen molar-refractivity contribution >= 4 is 15.9 Å². The number of hydrogen-bond donors (Lipinski definition) is 1. The Bertz CT molecular complexity index is 350. The summed E-state index contributed by atoms with van der Waals surface area (Å²) in [5, 5.41) is 3.66. The molecule has 102 valence electrons. The van der Waals surface area contributed by atoms with E-state index in [0.717, 1.165) is 19.6 Å². The number of rotatable bonds is 7. The van der Waals surface area contributed by atoms with Crippen LogP contribution in [0.4, 0.5) is 0 Å². The molecular weight excluding hydrogens is 288 g/mol. The van der Waals surface area contributed by atoms with Gasteiger partial charge < -0.3 is 10.2 Å². The minimum atomic E-state index is 0.367. The zero-order valence-corrected chi connectivity index (χ0v) is 13.5. The van der Waals surface area contributed by atoms with Gasteiger partial charge in [0.15, 0.2) is 0 Å². The maximum Gasteiger partial charge on any atom is 0.0305 e. The molecule has 3 heteroatoms. The van der Waals surface area contributed by atoms with Gasteiger partial charge in [0.25, 0.3) is 0 Å². The van der Waals surface area contributed by atoms with Gasteiger partial charge in [-0.05, 0) is 38.6 Å². The second kappa shape index (κ2) is 7.93. The molecule has 0 amide bonds. The fourth-order valence-electron chi connectivity index (χ4n) is 2.26. The van der Waals surface area contributed by atoms with E-state index in [0.29, 0.717) is 12.1 Å². The van der Waals surface area contributed by atoms with Crippen LogP contribution in [0.25, 0.3) is 0 Å². The highest BCUT2D eigenvalue weighted by atomic mass is 79.9. The molecule has 1 aromatic carbocycles. The molecule has 0 bridgehead atoms. The molecule has 0 heterocycles. The number of halogens is 1. The van der Waals surface area contributed by atoms with E-state index in [9.17, 15) is 0 Å². The second-order valence-electron chi connectivity index (χ2n) is 4.80. The highest BCUT2D eigenvalue weighted by Gasteiger charge is 2.13. The number of nitrogens with one attached hydrogen (secondary N) is 1. The topological polar surface area (TPSA) is 15.3 Å². The molecule has 0 saturated carbocycles. The Hall–Kier alpha value is -0.380. The van der Waals surface area contributed by atoms with E-state index in [2.05, 4.69) is 78.1 Å². The molecular formula is C15H25BrN2. The monoisotopic (exact) mass is 312 g/mol. The quantitative estimate of drug-likeness (QED) is 0.823. The lowest BCUT2D eigenvalue weighted by Crippen LogP contribution is -2.40. The predicted molar refractivity (Wildman–Crippen MR) is 82.9 cm³/mol. The molecule has 18 heavy (non-hydrogen) atoms. The van der Waals surface area contributed by atoms with E-state index >= 15 is 0 Å². The van der Waals surface area contributed by atoms with Crippen LogP contribution in [-0.4, -0.2) is 30.6 Å². The molecule has 0 aliphatic carbocycles. The number of benzene rings is 1. The zero-order valence-electron chi connectivity index (χ0n) is 11.9. The van der Waals surface area contributed by atoms with Crippen molar-refractivity contribution in [2.75, 3.05) is 19.6 Å². The maximum atomic E-state index is 3.66. The van der Waals surface area contributed by atoms with Crippen molar-refractivity contribution < 1.29 is 0 Å². The molecule has 0 aromatic heterocycles. The van der Waals surface area contributed by atoms with Crippen LogP contribution >= 0.6 is 15.9 Å². The number of nitrogens with zero attached hydrogens (tertiary/aromatic N) is 1. The first-order valence-electron chi connectivity index (χ1n) is 6.81. The first-order chi connectivity index (χ1) is 8.58. The van der Waals surface area contributed by atoms with E-state index in [1.165, 1.54) is 10.0 Å². The van der Waals surface area contributed by atoms with Gasteiger partial charge in [0.1, 0.15) is 0 Å². The normalized spacial score (nSPS) is 14.8. The van der Waals surface area contributed by atoms with Gasteiger partial charge in [-0.3, -0.25) is 0 Å². The van der Waals surface area contributed by atoms with E-state index in [4.69, 9.17) is 0 Å². The van der Waals surface area contributed by atoms with Crippen LogP contribution in [0.1, 0.15) is 39.3 Å². The van der Waals surface area contributed by atoms with Gasteiger partial charge in [-0.15, -0.1) is 0 Å². The van der Waals surface area contributed by atoms with Gasteiger partial charge in [-0.25, -0.2) is 0 Å². The Morgan fingerprint density at radius 2 is 1.78 bits per heavy atom. The largest absolute Gasteiger partial charge is 0.306 e. The van der Waals surface area contributed by atoms with Gasteiger partial charge in [0, 0.05) is 23.1 Å². The Balaban J connectivity index is 2.54. The summed E-state index contributed by atoms with van der Waals surface area (Å²) >= 11 is 3.61. The van der Waals surface area contributed by atoms with Gasteiger partial charge in [0.05, 0.1) is 0 Å². The smallest absolute Gasteiger partial charge is 0.0305 e. The minimum Gasteiger partial charge on any atom is -0.306 e. The lowest BCUT2D eigenvalue weighted by molar-refractivity contribution is 0.264. The lowest BCUT2D eigenvalue weighted by atomic mass is 10.1. The first kappa shape index (κ1) is 15.7. The van der Waals surface area contributed by atoms with E-state index < -0.39 is 0 Å². The Morgan fingerprint density at radius 1 is 1.17 bits per heavy atom. The first-order valence-corrected chi connectivity index (χ1v) is 7.60. The number of hydrogen-bond acceptors (Lipinski definition) is 2. The average Bonchev–Trinajstić information content (AvgIpc) is 2.36. The summed E-state index contributed by atoms with van der Waals surface area (Å²) in [5.74, 6) is 0. The minimum absolute atomic E-state index is 0.367. The summed E-state index contributed by atoms with van der Waals surface area (Å²) in [5.41, 5.74) is 1.32. The lowest BCUT2D eigenvalue weighted by Gasteiger charge is -2.26. The van der Waals surface area contributed by atoms with Crippen molar-refractivity contribution in [1.82, 2.24) is 10.2 Å². The maximum absolute atomic E-state index is 3.66. The molecule has 1 aromatic rings. The van der Waals surface area contributed by atoms with Gasteiger partial charge in [0.2, 0.25) is 0 Å². The molecule has 0 aliphatic rings. The van der Waals surface area contributed by atoms with Gasteiger partial charge in [-0.2, -0.15) is 0 Å². The van der Waals surface area contributed by atoms with Crippen molar-refractivity contribution in [1.29, 1.82) is 0 Å². The summed E-state index contributed by atoms with van der Waals surface area (Å²) in [6.07, 6.45) is 0. The van der Waals surface area contributed by atoms with Crippen LogP contribution in [0.2, 0.25) is 0 Å². The van der Waals surface area contributed by atoms with Crippen molar-refractivity contribution in [2.24, 2.45) is 0 Å². The molecule has 2 unspecified atom stereocenters. The molecule has 0 saturated heterocycles. The average molecular weight is 313 g/mol. The molecule has 1 N–H and O–H groups in total. The van der Waals surface area contributed by atoms with Crippen LogP contribution in [0.3, 0.4) is 0 Å². The van der Waals surface area contributed by atoms with Crippen molar-refractivity contribution in [3.8, 4) is 0 Å². The third kappa shape index (κ3) is 4.71. The molecule has 0 spiro atoms. The van der Waals surface area contributed by atoms with E-state index in [-0.39, 0.29) is 0 Å². The van der Waals surface area contributed by atoms with Crippen LogP contribution in [0.15, 0.2) is 28.7 Å². The molecule has 2 atom stereocenters. The summed E-state index contributed by atoms with van der Waals surface area (Å²) in [4.78, 5) is 2.45. The zero-order chi connectivity index (χ0) is 13.5. The van der Waals surface area contributed by atoms with Crippen molar-refractivity contribution in [3.05, 3.63) is 34.3 Å². The molecule has 0 aliphatic heterocycles. The molecule has 0 radical (unpaired) electrons. The summed E-state index contributed by atoms with van der Waals surface area (Å²) < 4.78 is 1.18. The highest BCUT2D eigenvalue weighted by molar-refractivity contribution is 9.10. The van der Waals surface area contributed by atoms with Gasteiger partial charge in [-0.1, -0.05) is 48.0 Å². The van der Waals surface area contributed by atoms with Crippen LogP contribution in [0, 0.1) is 0 Å². The van der Waals surface area contributed by atoms with E-state index in [1.54, 1.807) is 0 Å². The molecule has 2 nitrogen and oxygen atoms in total. The SMILES string of the molecule is CCN(CC)CC(C)NC(C)c1ccccc1Br. The van der Waals surface area contributed by atoms with Crippen molar-refractivity contribution in [2.45, 2.75) is 39.8 Å². The second-order valence-corrected chi connectivity index (χ2v) is 5.65. The third-order valence-corrected chi connectivity index (χ3v) is 4.05. The molecule has 0 fully saturated rings. The van der Waals surface area contributed by atoms with Crippen LogP contribution in [-0.2, 0) is 0 Å². The highest BCUT2D eigenvalue weighted by Crippen LogP contribution is 2.23. The fourth-order valence-corrected chi connectivity index (χ4v) is 2.89. The Labute approximate surface area is 120 Å². The van der Waals surface area contributed by atoms with E-state index in [1.807, 2.05) is 0 Å². The summed E-state index contributed by atoms with van der Waals surface area (Å²) in [7, 11) is 0. The van der Waals surface area contributed by atoms with Crippen LogP contribution in [0.5, 0.6) is 0 Å². The fraction of sp³-hybridized carbons (Fsp3) is 0.600. The third-order valence-electron chi connectivity index (χ3n) is 3.33. The summed E-state index contributed by atoms with van der Waals surface area (Å²) in [6.45, 7) is 12.2. The molecule has 1 rings (SSSR count). The predicted octanol–water partition coefficient (Wildman–Crippen LogP) is 3.83. The number of likely N-dealkylation sites (N-methyl/N-ethyl adjacent to an activating group) is 1. The standard InChI is InChI=1S/C15H25BrN2/c1-5-18(6-2)11-12(3)17-13(4)14-9-7-8-10-15(14)16/h7-10,12-13,17H,5-6,11H2,1-4H3. The van der Waals surface area contributed by atoms with Crippen LogP contribution < -0.4 is 5.32 Å². The van der Waals surface area contributed by atoms with Crippen molar-refractivity contribution in [3.63, 3.8) is 0 Å². The van der Waals surface area contributed by atoms with Gasteiger partial charge >= 0.3 is 0 Å². The Morgan fingerprint density at radius 3 is 2.33 bits per heavy atom. The summed E-state index contributed by atoms with van der Waals surface area (Å²) in [6, 6.07) is 9.28.